The van der Waals surface area contributed by atoms with Crippen LogP contribution >= 0.6 is 0 Å². The van der Waals surface area contributed by atoms with Gasteiger partial charge in [-0.1, -0.05) is 0 Å². The molecular formula is C15H19F2N3O3. The zero-order chi connectivity index (χ0) is 16.8. The van der Waals surface area contributed by atoms with Gasteiger partial charge in [0.1, 0.15) is 12.4 Å². The van der Waals surface area contributed by atoms with Gasteiger partial charge in [-0.25, -0.2) is 13.6 Å². The minimum absolute atomic E-state index is 0.128. The maximum absolute atomic E-state index is 13.0. The van der Waals surface area contributed by atoms with Crippen molar-refractivity contribution < 1.29 is 23.1 Å². The Morgan fingerprint density at radius 3 is 2.83 bits per heavy atom. The zero-order valence-electron chi connectivity index (χ0n) is 12.6. The summed E-state index contributed by atoms with van der Waals surface area (Å²) in [6, 6.07) is 2.71. The SMILES string of the molecule is NC(=O)N1CCC[C@H](C(=O)NCCOc2ccc(F)c(F)c2)C1. The molecule has 1 aromatic rings. The molecule has 0 bridgehead atoms. The molecular weight excluding hydrogens is 308 g/mol. The Balaban J connectivity index is 1.72. The lowest BCUT2D eigenvalue weighted by Gasteiger charge is -2.30. The van der Waals surface area contributed by atoms with Crippen LogP contribution in [0.25, 0.3) is 0 Å². The largest absolute Gasteiger partial charge is 0.492 e. The summed E-state index contributed by atoms with van der Waals surface area (Å²) in [5.74, 6) is -2.21. The van der Waals surface area contributed by atoms with Crippen LogP contribution in [0.5, 0.6) is 5.75 Å². The summed E-state index contributed by atoms with van der Waals surface area (Å²) < 4.78 is 31.0. The summed E-state index contributed by atoms with van der Waals surface area (Å²) >= 11 is 0. The van der Waals surface area contributed by atoms with E-state index >= 15 is 0 Å². The van der Waals surface area contributed by atoms with Gasteiger partial charge in [-0.3, -0.25) is 4.79 Å². The lowest BCUT2D eigenvalue weighted by molar-refractivity contribution is -0.126. The second kappa shape index (κ2) is 7.75. The normalized spacial score (nSPS) is 17.7. The average Bonchev–Trinajstić information content (AvgIpc) is 2.54. The molecule has 3 amide bonds. The number of carbonyl (C=O) groups excluding carboxylic acids is 2. The van der Waals surface area contributed by atoms with Crippen molar-refractivity contribution >= 4 is 11.9 Å². The van der Waals surface area contributed by atoms with Crippen LogP contribution in [0.1, 0.15) is 12.8 Å². The molecule has 2 rings (SSSR count). The minimum atomic E-state index is -0.986. The Morgan fingerprint density at radius 1 is 1.35 bits per heavy atom. The van der Waals surface area contributed by atoms with Crippen LogP contribution in [-0.4, -0.2) is 43.1 Å². The molecule has 0 aromatic heterocycles. The molecule has 0 saturated carbocycles. The second-order valence-electron chi connectivity index (χ2n) is 5.34. The standard InChI is InChI=1S/C15H19F2N3O3/c16-12-4-3-11(8-13(12)17)23-7-5-19-14(21)10-2-1-6-20(9-10)15(18)22/h3-4,8,10H,1-2,5-7,9H2,(H2,18,22)(H,19,21)/t10-/m0/s1. The van der Waals surface area contributed by atoms with Gasteiger partial charge in [0.2, 0.25) is 5.91 Å². The van der Waals surface area contributed by atoms with Crippen LogP contribution < -0.4 is 15.8 Å². The molecule has 1 aliphatic heterocycles. The van der Waals surface area contributed by atoms with E-state index in [2.05, 4.69) is 5.32 Å². The Hall–Kier alpha value is -2.38. The molecule has 1 atom stereocenters. The van der Waals surface area contributed by atoms with Gasteiger partial charge in [0, 0.05) is 19.2 Å². The summed E-state index contributed by atoms with van der Waals surface area (Å²) in [6.07, 6.45) is 1.42. The predicted octanol–water partition coefficient (Wildman–Crippen LogP) is 1.25. The van der Waals surface area contributed by atoms with Gasteiger partial charge in [0.25, 0.3) is 0 Å². The number of benzene rings is 1. The summed E-state index contributed by atoms with van der Waals surface area (Å²) in [4.78, 5) is 24.6. The second-order valence-corrected chi connectivity index (χ2v) is 5.34. The van der Waals surface area contributed by atoms with Crippen LogP contribution in [0.2, 0.25) is 0 Å². The van der Waals surface area contributed by atoms with Gasteiger partial charge in [0.05, 0.1) is 12.5 Å². The first-order valence-electron chi connectivity index (χ1n) is 7.37. The van der Waals surface area contributed by atoms with E-state index < -0.39 is 17.7 Å². The maximum atomic E-state index is 13.0. The molecule has 8 heteroatoms. The molecule has 1 saturated heterocycles. The Kier molecular flexibility index (Phi) is 5.72. The number of hydrogen-bond acceptors (Lipinski definition) is 3. The van der Waals surface area contributed by atoms with E-state index in [1.807, 2.05) is 0 Å². The number of halogens is 2. The number of amides is 3. The topological polar surface area (TPSA) is 84.7 Å². The van der Waals surface area contributed by atoms with Crippen molar-refractivity contribution in [3.63, 3.8) is 0 Å². The van der Waals surface area contributed by atoms with Gasteiger partial charge in [-0.2, -0.15) is 0 Å². The van der Waals surface area contributed by atoms with Crippen LogP contribution in [0.15, 0.2) is 18.2 Å². The fraction of sp³-hybridized carbons (Fsp3) is 0.467. The summed E-state index contributed by atoms with van der Waals surface area (Å²) in [5.41, 5.74) is 5.22. The van der Waals surface area contributed by atoms with Gasteiger partial charge >= 0.3 is 6.03 Å². The molecule has 0 spiro atoms. The lowest BCUT2D eigenvalue weighted by atomic mass is 9.97. The van der Waals surface area contributed by atoms with E-state index in [-0.39, 0.29) is 30.7 Å². The van der Waals surface area contributed by atoms with Crippen molar-refractivity contribution in [1.29, 1.82) is 0 Å². The quantitative estimate of drug-likeness (QED) is 0.798. The maximum Gasteiger partial charge on any atom is 0.314 e. The van der Waals surface area contributed by atoms with Crippen molar-refractivity contribution in [2.45, 2.75) is 12.8 Å². The van der Waals surface area contributed by atoms with Crippen molar-refractivity contribution in [3.05, 3.63) is 29.8 Å². The molecule has 1 fully saturated rings. The van der Waals surface area contributed by atoms with E-state index in [1.165, 1.54) is 11.0 Å². The number of hydrogen-bond donors (Lipinski definition) is 2. The monoisotopic (exact) mass is 327 g/mol. The van der Waals surface area contributed by atoms with Crippen molar-refractivity contribution in [3.8, 4) is 5.75 Å². The zero-order valence-corrected chi connectivity index (χ0v) is 12.6. The highest BCUT2D eigenvalue weighted by atomic mass is 19.2. The number of rotatable bonds is 5. The third kappa shape index (κ3) is 4.80. The Labute approximate surface area is 132 Å². The highest BCUT2D eigenvalue weighted by Crippen LogP contribution is 2.17. The molecule has 0 radical (unpaired) electrons. The van der Waals surface area contributed by atoms with E-state index in [0.717, 1.165) is 18.6 Å². The summed E-state index contributed by atoms with van der Waals surface area (Å²) in [7, 11) is 0. The highest BCUT2D eigenvalue weighted by molar-refractivity contribution is 5.80. The van der Waals surface area contributed by atoms with E-state index in [4.69, 9.17) is 10.5 Å². The fourth-order valence-corrected chi connectivity index (χ4v) is 2.45. The van der Waals surface area contributed by atoms with Gasteiger partial charge < -0.3 is 20.7 Å². The van der Waals surface area contributed by atoms with Crippen molar-refractivity contribution in [2.24, 2.45) is 11.7 Å². The van der Waals surface area contributed by atoms with E-state index in [9.17, 15) is 18.4 Å². The number of carbonyl (C=O) groups is 2. The first kappa shape index (κ1) is 17.0. The Bertz CT molecular complexity index is 583. The van der Waals surface area contributed by atoms with Crippen LogP contribution in [-0.2, 0) is 4.79 Å². The number of nitrogens with one attached hydrogen (secondary N) is 1. The third-order valence-corrected chi connectivity index (χ3v) is 3.66. The number of nitrogens with two attached hydrogens (primary N) is 1. The fourth-order valence-electron chi connectivity index (χ4n) is 2.45. The van der Waals surface area contributed by atoms with Crippen LogP contribution in [0, 0.1) is 17.6 Å². The summed E-state index contributed by atoms with van der Waals surface area (Å²) in [5, 5.41) is 2.70. The number of ether oxygens (including phenoxy) is 1. The molecule has 23 heavy (non-hydrogen) atoms. The first-order valence-corrected chi connectivity index (χ1v) is 7.37. The molecule has 1 aliphatic rings. The van der Waals surface area contributed by atoms with Crippen molar-refractivity contribution in [2.75, 3.05) is 26.2 Å². The van der Waals surface area contributed by atoms with Crippen LogP contribution in [0.3, 0.4) is 0 Å². The van der Waals surface area contributed by atoms with Crippen molar-refractivity contribution in [1.82, 2.24) is 10.2 Å². The molecule has 1 heterocycles. The minimum Gasteiger partial charge on any atom is -0.492 e. The average molecular weight is 327 g/mol. The number of urea groups is 1. The molecule has 0 unspecified atom stereocenters. The van der Waals surface area contributed by atoms with E-state index in [1.54, 1.807) is 0 Å². The van der Waals surface area contributed by atoms with Gasteiger partial charge in [-0.05, 0) is 25.0 Å². The number of nitrogens with zero attached hydrogens (tertiary/aromatic N) is 1. The number of likely N-dealkylation sites (tertiary alicyclic amines) is 1. The lowest BCUT2D eigenvalue weighted by Crippen LogP contribution is -2.47. The predicted molar refractivity (Wildman–Crippen MR) is 78.7 cm³/mol. The molecule has 126 valence electrons. The third-order valence-electron chi connectivity index (χ3n) is 3.66. The summed E-state index contributed by atoms with van der Waals surface area (Å²) in [6.45, 7) is 1.23. The van der Waals surface area contributed by atoms with Gasteiger partial charge in [0.15, 0.2) is 11.6 Å². The molecule has 3 N–H and O–H groups in total. The van der Waals surface area contributed by atoms with Gasteiger partial charge in [-0.15, -0.1) is 0 Å². The molecule has 1 aromatic carbocycles. The molecule has 6 nitrogen and oxygen atoms in total. The molecule has 0 aliphatic carbocycles. The highest BCUT2D eigenvalue weighted by Gasteiger charge is 2.27. The number of primary amides is 1. The van der Waals surface area contributed by atoms with E-state index in [0.29, 0.717) is 19.5 Å². The number of piperidine rings is 1. The first-order chi connectivity index (χ1) is 11.0. The smallest absolute Gasteiger partial charge is 0.314 e. The van der Waals surface area contributed by atoms with Crippen LogP contribution in [0.4, 0.5) is 13.6 Å². The Morgan fingerprint density at radius 2 is 2.13 bits per heavy atom.